The van der Waals surface area contributed by atoms with Crippen molar-refractivity contribution in [2.75, 3.05) is 0 Å². The van der Waals surface area contributed by atoms with Crippen LogP contribution >= 0.6 is 0 Å². The van der Waals surface area contributed by atoms with Crippen LogP contribution in [0.1, 0.15) is 55.6 Å². The molecule has 1 atom stereocenters. The van der Waals surface area contributed by atoms with Gasteiger partial charge in [0.25, 0.3) is 0 Å². The molecular formula is C16H20F2N4. The van der Waals surface area contributed by atoms with E-state index in [1.807, 2.05) is 20.0 Å². The molecule has 3 rings (SSSR count). The molecule has 4 nitrogen and oxygen atoms in total. The van der Waals surface area contributed by atoms with Gasteiger partial charge in [0, 0.05) is 24.7 Å². The SMILES string of the molecule is CC(C)n1cc(CN[C@H]2CCCc3c(F)cc(F)cc32)nn1. The van der Waals surface area contributed by atoms with E-state index >= 15 is 0 Å². The lowest BCUT2D eigenvalue weighted by Gasteiger charge is -2.26. The lowest BCUT2D eigenvalue weighted by Crippen LogP contribution is -2.26. The average molecular weight is 306 g/mol. The van der Waals surface area contributed by atoms with E-state index in [1.54, 1.807) is 4.68 Å². The van der Waals surface area contributed by atoms with Gasteiger partial charge in [-0.25, -0.2) is 13.5 Å². The van der Waals surface area contributed by atoms with Crippen LogP contribution < -0.4 is 5.32 Å². The molecule has 6 heteroatoms. The Morgan fingerprint density at radius 1 is 1.36 bits per heavy atom. The van der Waals surface area contributed by atoms with Crippen LogP contribution in [0.5, 0.6) is 0 Å². The quantitative estimate of drug-likeness (QED) is 0.942. The van der Waals surface area contributed by atoms with Gasteiger partial charge in [0.05, 0.1) is 11.9 Å². The summed E-state index contributed by atoms with van der Waals surface area (Å²) in [6.07, 6.45) is 4.33. The Morgan fingerprint density at radius 3 is 2.91 bits per heavy atom. The van der Waals surface area contributed by atoms with E-state index < -0.39 is 11.6 Å². The van der Waals surface area contributed by atoms with E-state index in [0.717, 1.165) is 30.2 Å². The van der Waals surface area contributed by atoms with Crippen molar-refractivity contribution >= 4 is 0 Å². The molecule has 0 radical (unpaired) electrons. The van der Waals surface area contributed by atoms with Gasteiger partial charge in [-0.15, -0.1) is 5.10 Å². The first-order chi connectivity index (χ1) is 10.5. The van der Waals surface area contributed by atoms with Crippen LogP contribution in [0.15, 0.2) is 18.3 Å². The molecule has 0 aliphatic heterocycles. The summed E-state index contributed by atoms with van der Waals surface area (Å²) in [7, 11) is 0. The number of fused-ring (bicyclic) bond motifs is 1. The molecule has 22 heavy (non-hydrogen) atoms. The lowest BCUT2D eigenvalue weighted by molar-refractivity contribution is 0.439. The van der Waals surface area contributed by atoms with E-state index in [0.29, 0.717) is 18.5 Å². The van der Waals surface area contributed by atoms with Crippen LogP contribution in [0.4, 0.5) is 8.78 Å². The highest BCUT2D eigenvalue weighted by Gasteiger charge is 2.23. The zero-order valence-electron chi connectivity index (χ0n) is 12.8. The molecule has 1 aliphatic carbocycles. The zero-order valence-corrected chi connectivity index (χ0v) is 12.8. The summed E-state index contributed by atoms with van der Waals surface area (Å²) in [5, 5.41) is 11.5. The molecule has 1 N–H and O–H groups in total. The highest BCUT2D eigenvalue weighted by atomic mass is 19.1. The van der Waals surface area contributed by atoms with Gasteiger partial charge < -0.3 is 5.32 Å². The minimum atomic E-state index is -0.518. The number of nitrogens with one attached hydrogen (secondary N) is 1. The standard InChI is InChI=1S/C16H20F2N4/c1-10(2)22-9-12(20-21-22)8-19-16-5-3-4-13-14(16)6-11(17)7-15(13)18/h6-7,9-10,16,19H,3-5,8H2,1-2H3/t16-/m0/s1. The topological polar surface area (TPSA) is 42.7 Å². The van der Waals surface area contributed by atoms with Crippen molar-refractivity contribution in [3.8, 4) is 0 Å². The van der Waals surface area contributed by atoms with Crippen LogP contribution in [-0.2, 0) is 13.0 Å². The smallest absolute Gasteiger partial charge is 0.129 e. The number of halogens is 2. The summed E-state index contributed by atoms with van der Waals surface area (Å²) < 4.78 is 29.2. The van der Waals surface area contributed by atoms with Crippen molar-refractivity contribution in [3.05, 3.63) is 46.8 Å². The van der Waals surface area contributed by atoms with Crippen molar-refractivity contribution < 1.29 is 8.78 Å². The van der Waals surface area contributed by atoms with Crippen LogP contribution in [0, 0.1) is 11.6 Å². The number of benzene rings is 1. The van der Waals surface area contributed by atoms with Crippen LogP contribution in [0.2, 0.25) is 0 Å². The van der Waals surface area contributed by atoms with E-state index in [9.17, 15) is 8.78 Å². The fraction of sp³-hybridized carbons (Fsp3) is 0.500. The number of nitrogens with zero attached hydrogens (tertiary/aromatic N) is 3. The fourth-order valence-corrected chi connectivity index (χ4v) is 2.92. The van der Waals surface area contributed by atoms with Gasteiger partial charge in [-0.05, 0) is 50.3 Å². The molecule has 1 aliphatic rings. The van der Waals surface area contributed by atoms with E-state index in [2.05, 4.69) is 15.6 Å². The molecule has 0 spiro atoms. The second-order valence-electron chi connectivity index (χ2n) is 6.06. The van der Waals surface area contributed by atoms with Crippen molar-refractivity contribution in [1.82, 2.24) is 20.3 Å². The molecule has 1 aromatic heterocycles. The Balaban J connectivity index is 1.74. The molecule has 0 fully saturated rings. The molecule has 0 unspecified atom stereocenters. The van der Waals surface area contributed by atoms with E-state index in [4.69, 9.17) is 0 Å². The van der Waals surface area contributed by atoms with Gasteiger partial charge in [0.1, 0.15) is 11.6 Å². The third-order valence-electron chi connectivity index (χ3n) is 4.11. The van der Waals surface area contributed by atoms with E-state index in [1.165, 1.54) is 6.07 Å². The highest BCUT2D eigenvalue weighted by molar-refractivity contribution is 5.34. The molecule has 118 valence electrons. The maximum absolute atomic E-state index is 13.9. The van der Waals surface area contributed by atoms with Crippen molar-refractivity contribution in [1.29, 1.82) is 0 Å². The predicted octanol–water partition coefficient (Wildman–Crippen LogP) is 3.30. The first kappa shape index (κ1) is 15.1. The Kier molecular flexibility index (Phi) is 4.20. The van der Waals surface area contributed by atoms with Crippen LogP contribution in [0.3, 0.4) is 0 Å². The highest BCUT2D eigenvalue weighted by Crippen LogP contribution is 2.32. The molecule has 0 saturated carbocycles. The largest absolute Gasteiger partial charge is 0.304 e. The van der Waals surface area contributed by atoms with Crippen molar-refractivity contribution in [2.24, 2.45) is 0 Å². The number of rotatable bonds is 4. The second kappa shape index (κ2) is 6.12. The Morgan fingerprint density at radius 2 is 2.18 bits per heavy atom. The first-order valence-electron chi connectivity index (χ1n) is 7.66. The number of hydrogen-bond donors (Lipinski definition) is 1. The maximum Gasteiger partial charge on any atom is 0.129 e. The molecule has 0 bridgehead atoms. The predicted molar refractivity (Wildman–Crippen MR) is 79.3 cm³/mol. The first-order valence-corrected chi connectivity index (χ1v) is 7.66. The Hall–Kier alpha value is -1.82. The van der Waals surface area contributed by atoms with Crippen LogP contribution in [0.25, 0.3) is 0 Å². The van der Waals surface area contributed by atoms with Gasteiger partial charge in [-0.3, -0.25) is 0 Å². The number of aromatic nitrogens is 3. The van der Waals surface area contributed by atoms with Gasteiger partial charge >= 0.3 is 0 Å². The lowest BCUT2D eigenvalue weighted by atomic mass is 9.87. The maximum atomic E-state index is 13.9. The fourth-order valence-electron chi connectivity index (χ4n) is 2.92. The molecular weight excluding hydrogens is 286 g/mol. The van der Waals surface area contributed by atoms with Crippen LogP contribution in [-0.4, -0.2) is 15.0 Å². The van der Waals surface area contributed by atoms with Gasteiger partial charge in [0.15, 0.2) is 0 Å². The third-order valence-corrected chi connectivity index (χ3v) is 4.11. The van der Waals surface area contributed by atoms with E-state index in [-0.39, 0.29) is 12.1 Å². The third kappa shape index (κ3) is 3.02. The summed E-state index contributed by atoms with van der Waals surface area (Å²) in [6.45, 7) is 4.61. The summed E-state index contributed by atoms with van der Waals surface area (Å²) >= 11 is 0. The van der Waals surface area contributed by atoms with Gasteiger partial charge in [0.2, 0.25) is 0 Å². The summed E-state index contributed by atoms with van der Waals surface area (Å²) in [5.74, 6) is -0.956. The van der Waals surface area contributed by atoms with Crippen molar-refractivity contribution in [3.63, 3.8) is 0 Å². The molecule has 0 amide bonds. The molecule has 1 heterocycles. The number of hydrogen-bond acceptors (Lipinski definition) is 3. The van der Waals surface area contributed by atoms with Gasteiger partial charge in [-0.1, -0.05) is 5.21 Å². The second-order valence-corrected chi connectivity index (χ2v) is 6.06. The minimum absolute atomic E-state index is 0.0434. The Bertz CT molecular complexity index is 666. The minimum Gasteiger partial charge on any atom is -0.304 e. The zero-order chi connectivity index (χ0) is 15.7. The van der Waals surface area contributed by atoms with Gasteiger partial charge in [-0.2, -0.15) is 0 Å². The molecule has 1 aromatic carbocycles. The summed E-state index contributed by atoms with van der Waals surface area (Å²) in [6, 6.07) is 2.63. The average Bonchev–Trinajstić information content (AvgIpc) is 2.94. The summed E-state index contributed by atoms with van der Waals surface area (Å²) in [4.78, 5) is 0. The normalized spacial score (nSPS) is 17.8. The van der Waals surface area contributed by atoms with Crippen molar-refractivity contribution in [2.45, 2.75) is 51.7 Å². The summed E-state index contributed by atoms with van der Waals surface area (Å²) in [5.41, 5.74) is 2.20. The monoisotopic (exact) mass is 306 g/mol. The molecule has 2 aromatic rings. The Labute approximate surface area is 128 Å². The molecule has 0 saturated heterocycles.